The Balaban J connectivity index is 1.69. The first-order valence-corrected chi connectivity index (χ1v) is 9.02. The fourth-order valence-electron chi connectivity index (χ4n) is 3.23. The van der Waals surface area contributed by atoms with Crippen molar-refractivity contribution in [2.75, 3.05) is 0 Å². The van der Waals surface area contributed by atoms with Gasteiger partial charge in [-0.25, -0.2) is 4.98 Å². The van der Waals surface area contributed by atoms with Gasteiger partial charge in [0, 0.05) is 24.3 Å². The number of benzene rings is 1. The van der Waals surface area contributed by atoms with Crippen LogP contribution in [0.5, 0.6) is 5.88 Å². The van der Waals surface area contributed by atoms with E-state index in [0.717, 1.165) is 35.6 Å². The number of aliphatic hydroxyl groups is 1. The van der Waals surface area contributed by atoms with Gasteiger partial charge in [0.15, 0.2) is 0 Å². The molecule has 1 fully saturated rings. The van der Waals surface area contributed by atoms with Gasteiger partial charge in [0.2, 0.25) is 11.8 Å². The summed E-state index contributed by atoms with van der Waals surface area (Å²) in [6.45, 7) is 0. The maximum atomic E-state index is 10.7. The van der Waals surface area contributed by atoms with Gasteiger partial charge < -0.3 is 15.6 Å². The molecule has 1 aromatic carbocycles. The third-order valence-corrected chi connectivity index (χ3v) is 4.60. The normalized spacial score (nSPS) is 15.2. The van der Waals surface area contributed by atoms with E-state index < -0.39 is 5.91 Å². The smallest absolute Gasteiger partial charge is 0.244 e. The van der Waals surface area contributed by atoms with Gasteiger partial charge in [0.1, 0.15) is 6.10 Å². The standard InChI is InChI=1S/C21H24N2O3/c22-20(25)14-17(24)12-9-15-7-10-16(11-8-15)19-6-3-13-23-21(19)26-18-4-1-2-5-18/h3,6-8,10-11,13-14,18,24H,1-2,4-5,9,12H2,(H2,22,25)/b17-14-. The van der Waals surface area contributed by atoms with E-state index in [1.54, 1.807) is 6.20 Å². The van der Waals surface area contributed by atoms with Gasteiger partial charge in [-0.1, -0.05) is 24.3 Å². The minimum atomic E-state index is -0.635. The number of primary amides is 1. The van der Waals surface area contributed by atoms with Gasteiger partial charge >= 0.3 is 0 Å². The molecule has 0 bridgehead atoms. The Hall–Kier alpha value is -2.82. The van der Waals surface area contributed by atoms with Gasteiger partial charge in [-0.3, -0.25) is 4.79 Å². The molecule has 136 valence electrons. The molecule has 0 spiro atoms. The summed E-state index contributed by atoms with van der Waals surface area (Å²) >= 11 is 0. The first-order valence-electron chi connectivity index (χ1n) is 9.02. The van der Waals surface area contributed by atoms with Gasteiger partial charge in [-0.2, -0.15) is 0 Å². The molecule has 0 radical (unpaired) electrons. The zero-order chi connectivity index (χ0) is 18.4. The average molecular weight is 352 g/mol. The second kappa shape index (κ2) is 8.52. The molecule has 1 amide bonds. The number of amides is 1. The lowest BCUT2D eigenvalue weighted by Gasteiger charge is -2.15. The molecule has 1 aromatic heterocycles. The summed E-state index contributed by atoms with van der Waals surface area (Å²) in [5.74, 6) is 0.0551. The van der Waals surface area contributed by atoms with E-state index in [-0.39, 0.29) is 11.9 Å². The Morgan fingerprint density at radius 2 is 1.96 bits per heavy atom. The van der Waals surface area contributed by atoms with Crippen molar-refractivity contribution in [2.24, 2.45) is 5.73 Å². The highest BCUT2D eigenvalue weighted by molar-refractivity contribution is 5.86. The van der Waals surface area contributed by atoms with Crippen LogP contribution in [0.1, 0.15) is 37.7 Å². The van der Waals surface area contributed by atoms with E-state index >= 15 is 0 Å². The number of hydrogen-bond donors (Lipinski definition) is 2. The largest absolute Gasteiger partial charge is 0.512 e. The number of ether oxygens (including phenoxy) is 1. The highest BCUT2D eigenvalue weighted by atomic mass is 16.5. The maximum Gasteiger partial charge on any atom is 0.244 e. The molecule has 0 unspecified atom stereocenters. The molecule has 26 heavy (non-hydrogen) atoms. The second-order valence-corrected chi connectivity index (χ2v) is 6.62. The van der Waals surface area contributed by atoms with Crippen molar-refractivity contribution < 1.29 is 14.6 Å². The highest BCUT2D eigenvalue weighted by Gasteiger charge is 2.19. The third kappa shape index (κ3) is 4.85. The van der Waals surface area contributed by atoms with E-state index in [9.17, 15) is 9.90 Å². The van der Waals surface area contributed by atoms with E-state index in [1.807, 2.05) is 36.4 Å². The van der Waals surface area contributed by atoms with Gasteiger partial charge in [-0.15, -0.1) is 0 Å². The zero-order valence-electron chi connectivity index (χ0n) is 14.7. The summed E-state index contributed by atoms with van der Waals surface area (Å²) in [6, 6.07) is 12.0. The van der Waals surface area contributed by atoms with Crippen molar-refractivity contribution in [1.82, 2.24) is 4.98 Å². The van der Waals surface area contributed by atoms with Crippen LogP contribution in [-0.2, 0) is 11.2 Å². The summed E-state index contributed by atoms with van der Waals surface area (Å²) in [4.78, 5) is 15.2. The molecule has 5 nitrogen and oxygen atoms in total. The number of aromatic nitrogens is 1. The number of allylic oxidation sites excluding steroid dienone is 1. The Morgan fingerprint density at radius 3 is 2.65 bits per heavy atom. The number of hydrogen-bond acceptors (Lipinski definition) is 4. The zero-order valence-corrected chi connectivity index (χ0v) is 14.7. The molecule has 3 rings (SSSR count). The van der Waals surface area contributed by atoms with Crippen molar-refractivity contribution in [3.8, 4) is 17.0 Å². The molecule has 2 aromatic rings. The van der Waals surface area contributed by atoms with Crippen LogP contribution in [0.25, 0.3) is 11.1 Å². The summed E-state index contributed by atoms with van der Waals surface area (Å²) in [6.07, 6.45) is 8.72. The van der Waals surface area contributed by atoms with Crippen LogP contribution in [0.3, 0.4) is 0 Å². The summed E-state index contributed by atoms with van der Waals surface area (Å²) in [5, 5.41) is 9.62. The number of nitrogens with two attached hydrogens (primary N) is 1. The van der Waals surface area contributed by atoms with Crippen molar-refractivity contribution in [2.45, 2.75) is 44.6 Å². The fraction of sp³-hybridized carbons (Fsp3) is 0.333. The molecule has 0 saturated heterocycles. The van der Waals surface area contributed by atoms with E-state index in [2.05, 4.69) is 4.98 Å². The minimum absolute atomic E-state index is 0.00101. The first kappa shape index (κ1) is 18.0. The van der Waals surface area contributed by atoms with Crippen LogP contribution < -0.4 is 10.5 Å². The molecular formula is C21H24N2O3. The number of carbonyl (C=O) groups excluding carboxylic acids is 1. The Morgan fingerprint density at radius 1 is 1.23 bits per heavy atom. The number of rotatable bonds is 7. The summed E-state index contributed by atoms with van der Waals surface area (Å²) in [7, 11) is 0. The van der Waals surface area contributed by atoms with Crippen LogP contribution >= 0.6 is 0 Å². The van der Waals surface area contributed by atoms with Crippen LogP contribution in [-0.4, -0.2) is 22.1 Å². The van der Waals surface area contributed by atoms with Crippen LogP contribution in [0.4, 0.5) is 0 Å². The van der Waals surface area contributed by atoms with Gasteiger partial charge in [-0.05, 0) is 55.4 Å². The van der Waals surface area contributed by atoms with Crippen molar-refractivity contribution in [1.29, 1.82) is 0 Å². The van der Waals surface area contributed by atoms with Crippen LogP contribution in [0.2, 0.25) is 0 Å². The molecule has 1 aliphatic carbocycles. The Labute approximate surface area is 153 Å². The van der Waals surface area contributed by atoms with Crippen molar-refractivity contribution in [3.05, 3.63) is 60.0 Å². The lowest BCUT2D eigenvalue weighted by Crippen LogP contribution is -2.12. The highest BCUT2D eigenvalue weighted by Crippen LogP contribution is 2.31. The van der Waals surface area contributed by atoms with Crippen molar-refractivity contribution in [3.63, 3.8) is 0 Å². The quantitative estimate of drug-likeness (QED) is 0.584. The van der Waals surface area contributed by atoms with Crippen LogP contribution in [0.15, 0.2) is 54.4 Å². The molecule has 0 atom stereocenters. The third-order valence-electron chi connectivity index (χ3n) is 4.60. The number of carbonyl (C=O) groups is 1. The predicted octanol–water partition coefficient (Wildman–Crippen LogP) is 3.93. The second-order valence-electron chi connectivity index (χ2n) is 6.62. The maximum absolute atomic E-state index is 10.7. The predicted molar refractivity (Wildman–Crippen MR) is 101 cm³/mol. The number of nitrogens with zero attached hydrogens (tertiary/aromatic N) is 1. The average Bonchev–Trinajstić information content (AvgIpc) is 3.13. The summed E-state index contributed by atoms with van der Waals surface area (Å²) < 4.78 is 6.11. The van der Waals surface area contributed by atoms with E-state index in [4.69, 9.17) is 10.5 Å². The van der Waals surface area contributed by atoms with Gasteiger partial charge in [0.05, 0.1) is 5.76 Å². The number of pyridine rings is 1. The number of aryl methyl sites for hydroxylation is 1. The van der Waals surface area contributed by atoms with Gasteiger partial charge in [0.25, 0.3) is 0 Å². The molecule has 5 heteroatoms. The Bertz CT molecular complexity index is 778. The number of aliphatic hydroxyl groups excluding tert-OH is 1. The monoisotopic (exact) mass is 352 g/mol. The molecule has 1 aliphatic rings. The first-order chi connectivity index (χ1) is 12.6. The lowest BCUT2D eigenvalue weighted by atomic mass is 10.0. The van der Waals surface area contributed by atoms with E-state index in [0.29, 0.717) is 18.7 Å². The molecule has 1 heterocycles. The molecular weight excluding hydrogens is 328 g/mol. The SMILES string of the molecule is NC(=O)/C=C(\O)CCc1ccc(-c2cccnc2OC2CCCC2)cc1. The minimum Gasteiger partial charge on any atom is -0.512 e. The molecule has 0 aliphatic heterocycles. The molecule has 1 saturated carbocycles. The molecule has 3 N–H and O–H groups in total. The lowest BCUT2D eigenvalue weighted by molar-refractivity contribution is -0.113. The van der Waals surface area contributed by atoms with E-state index in [1.165, 1.54) is 12.8 Å². The Kier molecular flexibility index (Phi) is 5.89. The topological polar surface area (TPSA) is 85.4 Å². The van der Waals surface area contributed by atoms with Crippen LogP contribution in [0, 0.1) is 0 Å². The van der Waals surface area contributed by atoms with Crippen molar-refractivity contribution >= 4 is 5.91 Å². The fourth-order valence-corrected chi connectivity index (χ4v) is 3.23. The summed E-state index contributed by atoms with van der Waals surface area (Å²) in [5.41, 5.74) is 8.13.